The van der Waals surface area contributed by atoms with Crippen LogP contribution in [-0.4, -0.2) is 21.9 Å². The maximum absolute atomic E-state index is 12.3. The number of hydrogen-bond acceptors (Lipinski definition) is 4. The van der Waals surface area contributed by atoms with Crippen LogP contribution < -0.4 is 5.32 Å². The van der Waals surface area contributed by atoms with Crippen molar-refractivity contribution in [2.45, 2.75) is 38.1 Å². The van der Waals surface area contributed by atoms with Gasteiger partial charge in [0, 0.05) is 24.4 Å². The Kier molecular flexibility index (Phi) is 5.07. The standard InChI is InChI=1S/C19H21N3O3/c1-13-5-8-15(21-19(23)18-4-2-3-11-20-18)12-17(13)14-6-9-16(10-7-14)22(24)25/h2-4,6-7,9-11,13,15,17H,5,8,12H2,1H3,(H,21,23)/t13-,15-,17-/m1/s1. The number of nitrogens with zero attached hydrogens (tertiary/aromatic N) is 2. The summed E-state index contributed by atoms with van der Waals surface area (Å²) >= 11 is 0. The third kappa shape index (κ3) is 4.02. The van der Waals surface area contributed by atoms with Crippen molar-refractivity contribution in [3.05, 3.63) is 70.0 Å². The molecule has 0 unspecified atom stereocenters. The third-order valence-corrected chi connectivity index (χ3v) is 4.96. The van der Waals surface area contributed by atoms with Crippen LogP contribution in [-0.2, 0) is 0 Å². The zero-order valence-electron chi connectivity index (χ0n) is 14.1. The van der Waals surface area contributed by atoms with Crippen molar-refractivity contribution in [3.8, 4) is 0 Å². The van der Waals surface area contributed by atoms with Crippen LogP contribution in [0.5, 0.6) is 0 Å². The molecule has 25 heavy (non-hydrogen) atoms. The SMILES string of the molecule is C[C@@H]1CC[C@@H](NC(=O)c2ccccn2)C[C@H]1c1ccc([N+](=O)[O-])cc1. The van der Waals surface area contributed by atoms with E-state index in [1.807, 2.05) is 12.1 Å². The summed E-state index contributed by atoms with van der Waals surface area (Å²) in [5.41, 5.74) is 1.62. The van der Waals surface area contributed by atoms with E-state index in [0.29, 0.717) is 11.6 Å². The first-order valence-electron chi connectivity index (χ1n) is 8.51. The monoisotopic (exact) mass is 339 g/mol. The summed E-state index contributed by atoms with van der Waals surface area (Å²) in [5.74, 6) is 0.607. The number of non-ortho nitro benzene ring substituents is 1. The second-order valence-corrected chi connectivity index (χ2v) is 6.63. The highest BCUT2D eigenvalue weighted by Crippen LogP contribution is 2.38. The summed E-state index contributed by atoms with van der Waals surface area (Å²) in [6, 6.07) is 12.1. The van der Waals surface area contributed by atoms with Gasteiger partial charge in [0.2, 0.25) is 0 Å². The van der Waals surface area contributed by atoms with Gasteiger partial charge in [0.25, 0.3) is 11.6 Å². The Bertz CT molecular complexity index is 746. The summed E-state index contributed by atoms with van der Waals surface area (Å²) in [5, 5.41) is 13.9. The Morgan fingerprint density at radius 1 is 1.20 bits per heavy atom. The molecule has 1 aliphatic carbocycles. The number of hydrogen-bond donors (Lipinski definition) is 1. The van der Waals surface area contributed by atoms with E-state index in [2.05, 4.69) is 17.2 Å². The summed E-state index contributed by atoms with van der Waals surface area (Å²) in [6.45, 7) is 2.20. The lowest BCUT2D eigenvalue weighted by Crippen LogP contribution is -2.40. The van der Waals surface area contributed by atoms with Gasteiger partial charge in [-0.05, 0) is 48.8 Å². The molecule has 1 saturated carbocycles. The average Bonchev–Trinajstić information content (AvgIpc) is 2.64. The van der Waals surface area contributed by atoms with Gasteiger partial charge in [0.1, 0.15) is 5.69 Å². The van der Waals surface area contributed by atoms with E-state index in [1.165, 1.54) is 0 Å². The predicted molar refractivity (Wildman–Crippen MR) is 94.3 cm³/mol. The molecule has 6 heteroatoms. The van der Waals surface area contributed by atoms with Crippen LogP contribution in [0.4, 0.5) is 5.69 Å². The highest BCUT2D eigenvalue weighted by molar-refractivity contribution is 5.92. The minimum absolute atomic E-state index is 0.0888. The molecule has 0 aliphatic heterocycles. The molecular weight excluding hydrogens is 318 g/mol. The van der Waals surface area contributed by atoms with Crippen LogP contribution in [0.15, 0.2) is 48.7 Å². The number of amides is 1. The van der Waals surface area contributed by atoms with Crippen molar-refractivity contribution in [1.82, 2.24) is 10.3 Å². The van der Waals surface area contributed by atoms with E-state index in [1.54, 1.807) is 36.5 Å². The fourth-order valence-electron chi connectivity index (χ4n) is 3.52. The molecule has 1 heterocycles. The number of nitro groups is 1. The maximum Gasteiger partial charge on any atom is 0.270 e. The van der Waals surface area contributed by atoms with Crippen molar-refractivity contribution in [1.29, 1.82) is 0 Å². The summed E-state index contributed by atoms with van der Waals surface area (Å²) in [7, 11) is 0. The van der Waals surface area contributed by atoms with Gasteiger partial charge >= 0.3 is 0 Å². The molecule has 0 spiro atoms. The Hall–Kier alpha value is -2.76. The van der Waals surface area contributed by atoms with E-state index in [9.17, 15) is 14.9 Å². The number of aromatic nitrogens is 1. The molecule has 6 nitrogen and oxygen atoms in total. The quantitative estimate of drug-likeness (QED) is 0.680. The van der Waals surface area contributed by atoms with Crippen LogP contribution in [0.1, 0.15) is 48.2 Å². The number of rotatable bonds is 4. The van der Waals surface area contributed by atoms with Crippen LogP contribution in [0.3, 0.4) is 0 Å². The van der Waals surface area contributed by atoms with E-state index in [4.69, 9.17) is 0 Å². The molecule has 3 rings (SSSR count). The largest absolute Gasteiger partial charge is 0.348 e. The van der Waals surface area contributed by atoms with Crippen LogP contribution >= 0.6 is 0 Å². The first-order chi connectivity index (χ1) is 12.0. The van der Waals surface area contributed by atoms with E-state index < -0.39 is 0 Å². The second-order valence-electron chi connectivity index (χ2n) is 6.63. The molecule has 1 aromatic carbocycles. The lowest BCUT2D eigenvalue weighted by atomic mass is 9.74. The second kappa shape index (κ2) is 7.42. The minimum Gasteiger partial charge on any atom is -0.348 e. The summed E-state index contributed by atoms with van der Waals surface area (Å²) < 4.78 is 0. The van der Waals surface area contributed by atoms with Gasteiger partial charge in [-0.2, -0.15) is 0 Å². The highest BCUT2D eigenvalue weighted by atomic mass is 16.6. The molecular formula is C19H21N3O3. The first kappa shape index (κ1) is 17.1. The Balaban J connectivity index is 1.69. The van der Waals surface area contributed by atoms with Gasteiger partial charge in [0.05, 0.1) is 4.92 Å². The average molecular weight is 339 g/mol. The van der Waals surface area contributed by atoms with E-state index in [-0.39, 0.29) is 28.5 Å². The number of carbonyl (C=O) groups is 1. The van der Waals surface area contributed by atoms with Crippen LogP contribution in [0.25, 0.3) is 0 Å². The van der Waals surface area contributed by atoms with Gasteiger partial charge in [-0.15, -0.1) is 0 Å². The summed E-state index contributed by atoms with van der Waals surface area (Å²) in [6.07, 6.45) is 4.38. The number of carbonyl (C=O) groups excluding carboxylic acids is 1. The van der Waals surface area contributed by atoms with Crippen LogP contribution in [0.2, 0.25) is 0 Å². The molecule has 0 saturated heterocycles. The van der Waals surface area contributed by atoms with Gasteiger partial charge in [-0.3, -0.25) is 19.9 Å². The first-order valence-corrected chi connectivity index (χ1v) is 8.51. The van der Waals surface area contributed by atoms with Crippen molar-refractivity contribution in [3.63, 3.8) is 0 Å². The van der Waals surface area contributed by atoms with Crippen molar-refractivity contribution in [2.75, 3.05) is 0 Å². The molecule has 0 bridgehead atoms. The lowest BCUT2D eigenvalue weighted by molar-refractivity contribution is -0.384. The predicted octanol–water partition coefficient (Wildman–Crippen LogP) is 3.69. The van der Waals surface area contributed by atoms with Gasteiger partial charge < -0.3 is 5.32 Å². The minimum atomic E-state index is -0.385. The van der Waals surface area contributed by atoms with Gasteiger partial charge in [0.15, 0.2) is 0 Å². The Labute approximate surface area is 146 Å². The molecule has 1 fully saturated rings. The molecule has 130 valence electrons. The van der Waals surface area contributed by atoms with Crippen molar-refractivity contribution < 1.29 is 9.72 Å². The van der Waals surface area contributed by atoms with Gasteiger partial charge in [-0.25, -0.2) is 0 Å². The zero-order valence-corrected chi connectivity index (χ0v) is 14.1. The van der Waals surface area contributed by atoms with E-state index >= 15 is 0 Å². The molecule has 1 aromatic heterocycles. The highest BCUT2D eigenvalue weighted by Gasteiger charge is 2.30. The number of nitro benzene ring substituents is 1. The molecule has 0 radical (unpaired) electrons. The van der Waals surface area contributed by atoms with Crippen molar-refractivity contribution >= 4 is 11.6 Å². The molecule has 1 amide bonds. The zero-order chi connectivity index (χ0) is 17.8. The topological polar surface area (TPSA) is 85.1 Å². The molecule has 3 atom stereocenters. The fraction of sp³-hybridized carbons (Fsp3) is 0.368. The van der Waals surface area contributed by atoms with Gasteiger partial charge in [-0.1, -0.05) is 25.1 Å². The molecule has 1 aliphatic rings. The van der Waals surface area contributed by atoms with Crippen LogP contribution in [0, 0.1) is 16.0 Å². The normalized spacial score (nSPS) is 23.0. The van der Waals surface area contributed by atoms with Crippen molar-refractivity contribution in [2.24, 2.45) is 5.92 Å². The molecule has 2 aromatic rings. The molecule has 1 N–H and O–H groups in total. The Morgan fingerprint density at radius 3 is 2.60 bits per heavy atom. The number of nitrogens with one attached hydrogen (secondary N) is 1. The number of pyridine rings is 1. The number of benzene rings is 1. The Morgan fingerprint density at radius 2 is 1.96 bits per heavy atom. The third-order valence-electron chi connectivity index (χ3n) is 4.96. The fourth-order valence-corrected chi connectivity index (χ4v) is 3.52. The smallest absolute Gasteiger partial charge is 0.270 e. The maximum atomic E-state index is 12.3. The lowest BCUT2D eigenvalue weighted by Gasteiger charge is -2.35. The van der Waals surface area contributed by atoms with E-state index in [0.717, 1.165) is 24.8 Å². The summed E-state index contributed by atoms with van der Waals surface area (Å²) in [4.78, 5) is 26.8.